The first-order valence-electron chi connectivity index (χ1n) is 5.26. The summed E-state index contributed by atoms with van der Waals surface area (Å²) in [4.78, 5) is 10.8. The molecule has 0 unspecified atom stereocenters. The lowest BCUT2D eigenvalue weighted by Crippen LogP contribution is -2.25. The number of hydrogen-bond acceptors (Lipinski definition) is 2. The van der Waals surface area contributed by atoms with Crippen molar-refractivity contribution >= 4 is 5.97 Å². The van der Waals surface area contributed by atoms with Gasteiger partial charge in [-0.1, -0.05) is 38.1 Å². The van der Waals surface area contributed by atoms with E-state index in [4.69, 9.17) is 9.84 Å². The van der Waals surface area contributed by atoms with Crippen LogP contribution >= 0.6 is 0 Å². The van der Waals surface area contributed by atoms with E-state index in [1.54, 1.807) is 7.11 Å². The summed E-state index contributed by atoms with van der Waals surface area (Å²) in [6, 6.07) is 7.63. The molecule has 1 N–H and O–H groups in total. The molecule has 0 saturated heterocycles. The molecule has 0 spiro atoms. The van der Waals surface area contributed by atoms with Crippen molar-refractivity contribution < 1.29 is 14.6 Å². The number of rotatable bonds is 5. The Morgan fingerprint density at radius 2 is 2.00 bits per heavy atom. The van der Waals surface area contributed by atoms with Crippen LogP contribution in [-0.4, -0.2) is 24.8 Å². The first-order valence-corrected chi connectivity index (χ1v) is 5.26. The molecule has 0 amide bonds. The van der Waals surface area contributed by atoms with Crippen molar-refractivity contribution in [3.05, 3.63) is 35.4 Å². The summed E-state index contributed by atoms with van der Waals surface area (Å²) < 4.78 is 5.17. The third-order valence-electron chi connectivity index (χ3n) is 2.59. The molecule has 0 aliphatic heterocycles. The Morgan fingerprint density at radius 3 is 2.56 bits per heavy atom. The molecule has 0 aliphatic carbocycles. The highest BCUT2D eigenvalue weighted by atomic mass is 16.5. The number of carboxylic acid groups (broad SMARTS) is 1. The van der Waals surface area contributed by atoms with Crippen LogP contribution in [-0.2, 0) is 21.4 Å². The van der Waals surface area contributed by atoms with Gasteiger partial charge in [0.15, 0.2) is 0 Å². The first kappa shape index (κ1) is 12.7. The predicted octanol–water partition coefficient (Wildman–Crippen LogP) is 2.24. The van der Waals surface area contributed by atoms with Crippen molar-refractivity contribution in [1.29, 1.82) is 0 Å². The Labute approximate surface area is 96.1 Å². The summed E-state index contributed by atoms with van der Waals surface area (Å²) in [5.41, 5.74) is 1.73. The quantitative estimate of drug-likeness (QED) is 0.831. The van der Waals surface area contributed by atoms with Crippen LogP contribution in [0.4, 0.5) is 0 Å². The fourth-order valence-corrected chi connectivity index (χ4v) is 1.94. The normalized spacial score (nSPS) is 11.4. The van der Waals surface area contributed by atoms with Gasteiger partial charge in [0.2, 0.25) is 0 Å². The van der Waals surface area contributed by atoms with Crippen molar-refractivity contribution in [3.8, 4) is 0 Å². The van der Waals surface area contributed by atoms with Gasteiger partial charge in [-0.25, -0.2) is 0 Å². The standard InChI is InChI=1S/C13H18O3/c1-13(2,9-16-3)11-7-5-4-6-10(11)8-12(14)15/h4-7H,8-9H2,1-3H3,(H,14,15). The molecule has 0 radical (unpaired) electrons. The topological polar surface area (TPSA) is 46.5 Å². The molecule has 1 aromatic rings. The van der Waals surface area contributed by atoms with Crippen LogP contribution in [0.25, 0.3) is 0 Å². The molecule has 1 rings (SSSR count). The molecule has 3 heteroatoms. The van der Waals surface area contributed by atoms with E-state index < -0.39 is 5.97 Å². The number of aliphatic carboxylic acids is 1. The van der Waals surface area contributed by atoms with E-state index in [0.29, 0.717) is 6.61 Å². The fourth-order valence-electron chi connectivity index (χ4n) is 1.94. The maximum absolute atomic E-state index is 10.8. The van der Waals surface area contributed by atoms with Gasteiger partial charge >= 0.3 is 5.97 Å². The highest BCUT2D eigenvalue weighted by molar-refractivity contribution is 5.71. The van der Waals surface area contributed by atoms with E-state index >= 15 is 0 Å². The maximum Gasteiger partial charge on any atom is 0.307 e. The first-order chi connectivity index (χ1) is 7.47. The number of methoxy groups -OCH3 is 1. The third kappa shape index (κ3) is 3.07. The highest BCUT2D eigenvalue weighted by Crippen LogP contribution is 2.27. The van der Waals surface area contributed by atoms with Crippen molar-refractivity contribution in [2.45, 2.75) is 25.7 Å². The Balaban J connectivity index is 3.07. The molecule has 0 fully saturated rings. The zero-order chi connectivity index (χ0) is 12.2. The third-order valence-corrected chi connectivity index (χ3v) is 2.59. The molecule has 1 aromatic carbocycles. The number of carbonyl (C=O) groups is 1. The van der Waals surface area contributed by atoms with E-state index in [2.05, 4.69) is 13.8 Å². The second-order valence-corrected chi connectivity index (χ2v) is 4.54. The monoisotopic (exact) mass is 222 g/mol. The number of hydrogen-bond donors (Lipinski definition) is 1. The SMILES string of the molecule is COCC(C)(C)c1ccccc1CC(=O)O. The van der Waals surface area contributed by atoms with Gasteiger partial charge < -0.3 is 9.84 Å². The molecular formula is C13H18O3. The van der Waals surface area contributed by atoms with Crippen LogP contribution < -0.4 is 0 Å². The van der Waals surface area contributed by atoms with Gasteiger partial charge in [-0.05, 0) is 11.1 Å². The van der Waals surface area contributed by atoms with Crippen LogP contribution in [0.1, 0.15) is 25.0 Å². The number of ether oxygens (including phenoxy) is 1. The lowest BCUT2D eigenvalue weighted by molar-refractivity contribution is -0.136. The van der Waals surface area contributed by atoms with Crippen molar-refractivity contribution in [1.82, 2.24) is 0 Å². The number of benzene rings is 1. The second-order valence-electron chi connectivity index (χ2n) is 4.54. The Kier molecular flexibility index (Phi) is 4.07. The average Bonchev–Trinajstić information content (AvgIpc) is 2.17. The van der Waals surface area contributed by atoms with Gasteiger partial charge in [0.25, 0.3) is 0 Å². The molecule has 0 saturated carbocycles. The summed E-state index contributed by atoms with van der Waals surface area (Å²) in [6.07, 6.45) is 0.0588. The van der Waals surface area contributed by atoms with E-state index in [1.165, 1.54) is 0 Å². The Morgan fingerprint density at radius 1 is 1.38 bits per heavy atom. The Hall–Kier alpha value is -1.35. The minimum absolute atomic E-state index is 0.0588. The summed E-state index contributed by atoms with van der Waals surface area (Å²) in [7, 11) is 1.65. The minimum Gasteiger partial charge on any atom is -0.481 e. The molecule has 3 nitrogen and oxygen atoms in total. The van der Waals surface area contributed by atoms with Crippen molar-refractivity contribution in [2.75, 3.05) is 13.7 Å². The van der Waals surface area contributed by atoms with Gasteiger partial charge in [0.05, 0.1) is 13.0 Å². The molecule has 0 bridgehead atoms. The molecular weight excluding hydrogens is 204 g/mol. The molecule has 0 aromatic heterocycles. The average molecular weight is 222 g/mol. The molecule has 0 aliphatic rings. The maximum atomic E-state index is 10.8. The molecule has 16 heavy (non-hydrogen) atoms. The van der Waals surface area contributed by atoms with Crippen LogP contribution in [0, 0.1) is 0 Å². The van der Waals surface area contributed by atoms with Gasteiger partial charge in [0, 0.05) is 12.5 Å². The summed E-state index contributed by atoms with van der Waals surface area (Å²) >= 11 is 0. The van der Waals surface area contributed by atoms with E-state index in [0.717, 1.165) is 11.1 Å². The van der Waals surface area contributed by atoms with Gasteiger partial charge in [-0.2, -0.15) is 0 Å². The summed E-state index contributed by atoms with van der Waals surface area (Å²) in [6.45, 7) is 4.68. The molecule has 0 atom stereocenters. The largest absolute Gasteiger partial charge is 0.481 e. The van der Waals surface area contributed by atoms with Crippen LogP contribution in [0.3, 0.4) is 0 Å². The minimum atomic E-state index is -0.805. The van der Waals surface area contributed by atoms with Crippen molar-refractivity contribution in [2.24, 2.45) is 0 Å². The molecule has 88 valence electrons. The van der Waals surface area contributed by atoms with Gasteiger partial charge in [-0.3, -0.25) is 4.79 Å². The molecule has 0 heterocycles. The summed E-state index contributed by atoms with van der Waals surface area (Å²) in [5.74, 6) is -0.805. The van der Waals surface area contributed by atoms with E-state index in [1.807, 2.05) is 24.3 Å². The lowest BCUT2D eigenvalue weighted by atomic mass is 9.82. The second kappa shape index (κ2) is 5.12. The lowest BCUT2D eigenvalue weighted by Gasteiger charge is -2.26. The highest BCUT2D eigenvalue weighted by Gasteiger charge is 2.23. The smallest absolute Gasteiger partial charge is 0.307 e. The van der Waals surface area contributed by atoms with Crippen LogP contribution in [0.2, 0.25) is 0 Å². The van der Waals surface area contributed by atoms with Crippen molar-refractivity contribution in [3.63, 3.8) is 0 Å². The fraction of sp³-hybridized carbons (Fsp3) is 0.462. The van der Waals surface area contributed by atoms with Gasteiger partial charge in [-0.15, -0.1) is 0 Å². The van der Waals surface area contributed by atoms with E-state index in [9.17, 15) is 4.79 Å². The Bertz CT molecular complexity index is 369. The summed E-state index contributed by atoms with van der Waals surface area (Å²) in [5, 5.41) is 8.86. The predicted molar refractivity (Wildman–Crippen MR) is 62.7 cm³/mol. The van der Waals surface area contributed by atoms with Crippen LogP contribution in [0.15, 0.2) is 24.3 Å². The number of carboxylic acids is 1. The zero-order valence-electron chi connectivity index (χ0n) is 9.99. The van der Waals surface area contributed by atoms with Gasteiger partial charge in [0.1, 0.15) is 0 Å². The van der Waals surface area contributed by atoms with Crippen LogP contribution in [0.5, 0.6) is 0 Å². The zero-order valence-corrected chi connectivity index (χ0v) is 9.99. The van der Waals surface area contributed by atoms with E-state index in [-0.39, 0.29) is 11.8 Å².